The number of nitrogens with zero attached hydrogens (tertiary/aromatic N) is 2. The number of pyridine rings is 1. The van der Waals surface area contributed by atoms with Crippen LogP contribution in [-0.2, 0) is 11.3 Å². The van der Waals surface area contributed by atoms with Gasteiger partial charge >= 0.3 is 0 Å². The third-order valence-corrected chi connectivity index (χ3v) is 3.51. The second-order valence-corrected chi connectivity index (χ2v) is 4.91. The van der Waals surface area contributed by atoms with Gasteiger partial charge in [-0.3, -0.25) is 9.78 Å². The number of nitrogens with two attached hydrogens (primary N) is 1. The molecule has 2 rings (SSSR count). The Morgan fingerprint density at radius 1 is 1.65 bits per heavy atom. The average Bonchev–Trinajstić information content (AvgIpc) is 3.10. The number of thiocarbonyl (C=S) groups is 1. The lowest BCUT2D eigenvalue weighted by Gasteiger charge is -2.22. The second kappa shape index (κ2) is 4.41. The maximum absolute atomic E-state index is 12.2. The Labute approximate surface area is 106 Å². The zero-order valence-electron chi connectivity index (χ0n) is 9.72. The van der Waals surface area contributed by atoms with Gasteiger partial charge in [-0.25, -0.2) is 0 Å². The van der Waals surface area contributed by atoms with Crippen molar-refractivity contribution in [2.45, 2.75) is 19.4 Å². The lowest BCUT2D eigenvalue weighted by atomic mass is 10.1. The summed E-state index contributed by atoms with van der Waals surface area (Å²) in [4.78, 5) is 18.2. The highest BCUT2D eigenvalue weighted by Crippen LogP contribution is 2.47. The van der Waals surface area contributed by atoms with Crippen LogP contribution in [0.1, 0.15) is 18.4 Å². The van der Waals surface area contributed by atoms with Crippen LogP contribution in [0.15, 0.2) is 24.5 Å². The Hall–Kier alpha value is -1.49. The Bertz CT molecular complexity index is 442. The van der Waals surface area contributed by atoms with Gasteiger partial charge in [-0.1, -0.05) is 18.3 Å². The summed E-state index contributed by atoms with van der Waals surface area (Å²) in [5.41, 5.74) is 6.08. The maximum atomic E-state index is 12.2. The van der Waals surface area contributed by atoms with Crippen LogP contribution in [0, 0.1) is 5.41 Å². The molecule has 1 aliphatic carbocycles. The van der Waals surface area contributed by atoms with E-state index < -0.39 is 5.41 Å². The molecule has 0 saturated heterocycles. The van der Waals surface area contributed by atoms with Crippen LogP contribution in [-0.4, -0.2) is 27.8 Å². The second-order valence-electron chi connectivity index (χ2n) is 4.47. The fourth-order valence-corrected chi connectivity index (χ4v) is 2.18. The van der Waals surface area contributed by atoms with E-state index in [4.69, 9.17) is 18.0 Å². The molecule has 4 nitrogen and oxygen atoms in total. The van der Waals surface area contributed by atoms with Crippen molar-refractivity contribution in [3.63, 3.8) is 0 Å². The van der Waals surface area contributed by atoms with E-state index in [1.807, 2.05) is 12.1 Å². The molecular weight excluding hydrogens is 234 g/mol. The van der Waals surface area contributed by atoms with Crippen LogP contribution < -0.4 is 5.73 Å². The molecule has 17 heavy (non-hydrogen) atoms. The van der Waals surface area contributed by atoms with Gasteiger partial charge in [0.05, 0.1) is 10.4 Å². The molecule has 0 radical (unpaired) electrons. The van der Waals surface area contributed by atoms with E-state index in [-0.39, 0.29) is 5.91 Å². The summed E-state index contributed by atoms with van der Waals surface area (Å²) in [6.45, 7) is 0.539. The minimum Gasteiger partial charge on any atom is -0.392 e. The van der Waals surface area contributed by atoms with E-state index in [0.717, 1.165) is 18.4 Å². The molecule has 1 heterocycles. The summed E-state index contributed by atoms with van der Waals surface area (Å²) in [6, 6.07) is 3.80. The first-order chi connectivity index (χ1) is 8.06. The minimum absolute atomic E-state index is 0.0221. The molecule has 1 saturated carbocycles. The topological polar surface area (TPSA) is 59.2 Å². The molecular formula is C12H15N3OS. The standard InChI is InChI=1S/C12H15N3OS/c1-15(8-9-3-2-6-14-7-9)11(16)12(4-5-12)10(13)17/h2-3,6-7H,4-5,8H2,1H3,(H2,13,17). The molecule has 0 atom stereocenters. The predicted molar refractivity (Wildman–Crippen MR) is 69.2 cm³/mol. The number of carbonyl (C=O) groups is 1. The first-order valence-electron chi connectivity index (χ1n) is 5.51. The first-order valence-corrected chi connectivity index (χ1v) is 5.91. The number of amides is 1. The molecule has 1 fully saturated rings. The zero-order chi connectivity index (χ0) is 12.5. The highest BCUT2D eigenvalue weighted by atomic mass is 32.1. The third-order valence-electron chi connectivity index (χ3n) is 3.12. The van der Waals surface area contributed by atoms with Crippen molar-refractivity contribution in [3.05, 3.63) is 30.1 Å². The zero-order valence-corrected chi connectivity index (χ0v) is 10.5. The lowest BCUT2D eigenvalue weighted by Crippen LogP contribution is -2.40. The molecule has 0 aliphatic heterocycles. The molecule has 5 heteroatoms. The van der Waals surface area contributed by atoms with Gasteiger partial charge in [0, 0.05) is 26.0 Å². The average molecular weight is 249 g/mol. The summed E-state index contributed by atoms with van der Waals surface area (Å²) in [5, 5.41) is 0. The smallest absolute Gasteiger partial charge is 0.235 e. The third kappa shape index (κ3) is 2.29. The van der Waals surface area contributed by atoms with Crippen molar-refractivity contribution in [2.75, 3.05) is 7.05 Å². The normalized spacial score (nSPS) is 16.3. The molecule has 0 bridgehead atoms. The molecule has 1 amide bonds. The summed E-state index contributed by atoms with van der Waals surface area (Å²) in [6.07, 6.45) is 5.02. The minimum atomic E-state index is -0.563. The lowest BCUT2D eigenvalue weighted by molar-refractivity contribution is -0.133. The molecule has 2 N–H and O–H groups in total. The number of hydrogen-bond acceptors (Lipinski definition) is 3. The fourth-order valence-electron chi connectivity index (χ4n) is 1.89. The van der Waals surface area contributed by atoms with Crippen molar-refractivity contribution in [2.24, 2.45) is 11.1 Å². The van der Waals surface area contributed by atoms with E-state index in [0.29, 0.717) is 11.5 Å². The van der Waals surface area contributed by atoms with Crippen LogP contribution in [0.4, 0.5) is 0 Å². The van der Waals surface area contributed by atoms with Crippen molar-refractivity contribution >= 4 is 23.1 Å². The van der Waals surface area contributed by atoms with Crippen molar-refractivity contribution in [1.82, 2.24) is 9.88 Å². The summed E-state index contributed by atoms with van der Waals surface area (Å²) >= 11 is 4.97. The number of hydrogen-bond donors (Lipinski definition) is 1. The van der Waals surface area contributed by atoms with Gasteiger partial charge in [0.1, 0.15) is 0 Å². The quantitative estimate of drug-likeness (QED) is 0.812. The summed E-state index contributed by atoms with van der Waals surface area (Å²) in [7, 11) is 1.77. The van der Waals surface area contributed by atoms with E-state index in [9.17, 15) is 4.79 Å². The maximum Gasteiger partial charge on any atom is 0.235 e. The van der Waals surface area contributed by atoms with Gasteiger partial charge in [0.2, 0.25) is 5.91 Å². The van der Waals surface area contributed by atoms with Gasteiger partial charge in [-0.05, 0) is 24.5 Å². The fraction of sp³-hybridized carbons (Fsp3) is 0.417. The summed E-state index contributed by atoms with van der Waals surface area (Å²) in [5.74, 6) is 0.0221. The van der Waals surface area contributed by atoms with Gasteiger partial charge < -0.3 is 10.6 Å². The van der Waals surface area contributed by atoms with Crippen LogP contribution in [0.3, 0.4) is 0 Å². The Kier molecular flexibility index (Phi) is 3.11. The molecule has 0 aromatic carbocycles. The summed E-state index contributed by atoms with van der Waals surface area (Å²) < 4.78 is 0. The monoisotopic (exact) mass is 249 g/mol. The van der Waals surface area contributed by atoms with E-state index >= 15 is 0 Å². The molecule has 1 aliphatic rings. The largest absolute Gasteiger partial charge is 0.392 e. The molecule has 1 aromatic rings. The van der Waals surface area contributed by atoms with Crippen molar-refractivity contribution in [1.29, 1.82) is 0 Å². The van der Waals surface area contributed by atoms with Crippen molar-refractivity contribution < 1.29 is 4.79 Å². The predicted octanol–water partition coefficient (Wildman–Crippen LogP) is 1.11. The molecule has 90 valence electrons. The number of aromatic nitrogens is 1. The van der Waals surface area contributed by atoms with Gasteiger partial charge in [0.25, 0.3) is 0 Å². The molecule has 0 unspecified atom stereocenters. The van der Waals surface area contributed by atoms with Crippen LogP contribution in [0.2, 0.25) is 0 Å². The Morgan fingerprint density at radius 2 is 2.35 bits per heavy atom. The van der Waals surface area contributed by atoms with Crippen LogP contribution in [0.25, 0.3) is 0 Å². The first kappa shape index (κ1) is 12.0. The van der Waals surface area contributed by atoms with Gasteiger partial charge in [0.15, 0.2) is 0 Å². The van der Waals surface area contributed by atoms with Crippen LogP contribution >= 0.6 is 12.2 Å². The Balaban J connectivity index is 2.04. The van der Waals surface area contributed by atoms with Gasteiger partial charge in [-0.15, -0.1) is 0 Å². The SMILES string of the molecule is CN(Cc1cccnc1)C(=O)C1(C(N)=S)CC1. The number of carbonyl (C=O) groups excluding carboxylic acids is 1. The van der Waals surface area contributed by atoms with E-state index in [2.05, 4.69) is 4.98 Å². The highest BCUT2D eigenvalue weighted by Gasteiger charge is 2.53. The van der Waals surface area contributed by atoms with Crippen molar-refractivity contribution in [3.8, 4) is 0 Å². The highest BCUT2D eigenvalue weighted by molar-refractivity contribution is 7.80. The van der Waals surface area contributed by atoms with E-state index in [1.54, 1.807) is 24.3 Å². The van der Waals surface area contributed by atoms with E-state index in [1.165, 1.54) is 0 Å². The Morgan fingerprint density at radius 3 is 2.82 bits per heavy atom. The van der Waals surface area contributed by atoms with Gasteiger partial charge in [-0.2, -0.15) is 0 Å². The van der Waals surface area contributed by atoms with Crippen LogP contribution in [0.5, 0.6) is 0 Å². The number of rotatable bonds is 4. The molecule has 0 spiro atoms. The molecule has 1 aromatic heterocycles.